The van der Waals surface area contributed by atoms with E-state index >= 15 is 0 Å². The Morgan fingerprint density at radius 1 is 1.40 bits per heavy atom. The molecule has 0 saturated heterocycles. The number of rotatable bonds is 0. The second kappa shape index (κ2) is 18.7. The molecule has 1 nitrogen and oxygen atoms in total. The molecule has 0 aromatic heterocycles. The van der Waals surface area contributed by atoms with Gasteiger partial charge in [-0.15, -0.1) is 0 Å². The fourth-order valence-electron chi connectivity index (χ4n) is 0. The zero-order chi connectivity index (χ0) is 2.71. The van der Waals surface area contributed by atoms with E-state index in [2.05, 4.69) is 14.0 Å². The summed E-state index contributed by atoms with van der Waals surface area (Å²) < 4.78 is 4.17. The van der Waals surface area contributed by atoms with E-state index in [-0.39, 0.29) is 19.8 Å². The van der Waals surface area contributed by atoms with Gasteiger partial charge in [0.15, 0.2) is 0 Å². The molecule has 0 saturated carbocycles. The quantitative estimate of drug-likeness (QED) is 0.437. The Morgan fingerprint density at radius 2 is 1.40 bits per heavy atom. The van der Waals surface area contributed by atoms with Crippen LogP contribution < -0.4 is 0 Å². The molecular formula is CH11OP3. The number of hydrogen-bond donors (Lipinski definition) is 0. The van der Waals surface area contributed by atoms with Crippen molar-refractivity contribution >= 4 is 29.3 Å². The van der Waals surface area contributed by atoms with Crippen LogP contribution in [-0.2, 0) is 4.52 Å². The van der Waals surface area contributed by atoms with Gasteiger partial charge in [-0.1, -0.05) is 0 Å². The predicted molar refractivity (Wildman–Crippen MR) is 38.9 cm³/mol. The fraction of sp³-hybridized carbons (Fsp3) is 1.00. The highest BCUT2D eigenvalue weighted by Crippen LogP contribution is 1.68. The lowest BCUT2D eigenvalue weighted by molar-refractivity contribution is 0.488. The van der Waals surface area contributed by atoms with Gasteiger partial charge in [0.2, 0.25) is 0 Å². The van der Waals surface area contributed by atoms with Gasteiger partial charge in [0.1, 0.15) is 0 Å². The highest BCUT2D eigenvalue weighted by molar-refractivity contribution is 7.09. The van der Waals surface area contributed by atoms with E-state index in [1.165, 1.54) is 0 Å². The van der Waals surface area contributed by atoms with Crippen LogP contribution in [0.4, 0.5) is 0 Å². The van der Waals surface area contributed by atoms with Crippen molar-refractivity contribution < 1.29 is 4.52 Å². The summed E-state index contributed by atoms with van der Waals surface area (Å²) in [5, 5.41) is 0. The van der Waals surface area contributed by atoms with Crippen LogP contribution in [0.2, 0.25) is 0 Å². The summed E-state index contributed by atoms with van der Waals surface area (Å²) in [4.78, 5) is 0. The van der Waals surface area contributed by atoms with E-state index in [0.29, 0.717) is 0 Å². The van der Waals surface area contributed by atoms with Gasteiger partial charge in [0, 0.05) is 7.11 Å². The van der Waals surface area contributed by atoms with Crippen LogP contribution in [0, 0.1) is 0 Å². The maximum Gasteiger partial charge on any atom is 0.0391 e. The highest BCUT2D eigenvalue weighted by atomic mass is 31.0. The van der Waals surface area contributed by atoms with Crippen molar-refractivity contribution in [2.45, 2.75) is 0 Å². The van der Waals surface area contributed by atoms with E-state index in [0.717, 1.165) is 0 Å². The monoisotopic (exact) mass is 132 g/mol. The summed E-state index contributed by atoms with van der Waals surface area (Å²) >= 11 is 0. The average Bonchev–Trinajstić information content (AvgIpc) is 0.918. The van der Waals surface area contributed by atoms with Crippen LogP contribution in [0.3, 0.4) is 0 Å². The van der Waals surface area contributed by atoms with E-state index in [4.69, 9.17) is 0 Å². The molecule has 3 unspecified atom stereocenters. The smallest absolute Gasteiger partial charge is 0.0391 e. The lowest BCUT2D eigenvalue weighted by atomic mass is 11.8. The molecule has 0 aliphatic carbocycles. The van der Waals surface area contributed by atoms with Crippen LogP contribution in [-0.4, -0.2) is 7.11 Å². The lowest BCUT2D eigenvalue weighted by Crippen LogP contribution is -1.37. The third-order valence-corrected chi connectivity index (χ3v) is 0. The van der Waals surface area contributed by atoms with Crippen LogP contribution in [0.15, 0.2) is 0 Å². The number of hydrogen-bond acceptors (Lipinski definition) is 1. The third-order valence-electron chi connectivity index (χ3n) is 0. The van der Waals surface area contributed by atoms with Crippen molar-refractivity contribution in [3.8, 4) is 0 Å². The molecule has 0 aromatic rings. The molecule has 0 heterocycles. The summed E-state index contributed by atoms with van der Waals surface area (Å²) in [5.41, 5.74) is 0. The minimum Gasteiger partial charge on any atom is -0.369 e. The normalized spacial score (nSPS) is 3.60. The van der Waals surface area contributed by atoms with Crippen molar-refractivity contribution in [1.82, 2.24) is 0 Å². The van der Waals surface area contributed by atoms with Gasteiger partial charge in [-0.2, -0.15) is 19.8 Å². The highest BCUT2D eigenvalue weighted by Gasteiger charge is 1.25. The van der Waals surface area contributed by atoms with Gasteiger partial charge >= 0.3 is 0 Å². The molecule has 36 valence electrons. The molecular weight excluding hydrogens is 121 g/mol. The molecule has 5 heavy (non-hydrogen) atoms. The van der Waals surface area contributed by atoms with Crippen molar-refractivity contribution in [3.63, 3.8) is 0 Å². The second-order valence-corrected chi connectivity index (χ2v) is 0.707. The van der Waals surface area contributed by atoms with E-state index < -0.39 is 0 Å². The van der Waals surface area contributed by atoms with E-state index in [1.807, 2.05) is 0 Å². The molecule has 0 bridgehead atoms. The molecule has 0 fully saturated rings. The summed E-state index contributed by atoms with van der Waals surface area (Å²) in [5.74, 6) is 0. The Balaban J connectivity index is -0.0000000200. The second-order valence-electron chi connectivity index (χ2n) is 0.236. The molecule has 0 N–H and O–H groups in total. The van der Waals surface area contributed by atoms with Gasteiger partial charge in [0.05, 0.1) is 0 Å². The maximum absolute atomic E-state index is 4.17. The van der Waals surface area contributed by atoms with Crippen LogP contribution in [0.25, 0.3) is 0 Å². The average molecular weight is 132 g/mol. The van der Waals surface area contributed by atoms with Crippen molar-refractivity contribution in [2.75, 3.05) is 7.11 Å². The lowest BCUT2D eigenvalue weighted by Gasteiger charge is -1.60. The summed E-state index contributed by atoms with van der Waals surface area (Å²) in [6.07, 6.45) is 0. The summed E-state index contributed by atoms with van der Waals surface area (Å²) in [7, 11) is 3.67. The Hall–Kier alpha value is 1.25. The minimum absolute atomic E-state index is 0. The Bertz CT molecular complexity index is 6.85. The fourth-order valence-corrected chi connectivity index (χ4v) is 0. The largest absolute Gasteiger partial charge is 0.369 e. The molecule has 0 radical (unpaired) electrons. The van der Waals surface area contributed by atoms with Gasteiger partial charge in [-0.3, -0.25) is 0 Å². The van der Waals surface area contributed by atoms with E-state index in [9.17, 15) is 0 Å². The molecule has 0 rings (SSSR count). The van der Waals surface area contributed by atoms with Crippen LogP contribution >= 0.6 is 29.3 Å². The minimum atomic E-state index is 0. The predicted octanol–water partition coefficient (Wildman–Crippen LogP) is 0.539. The first-order valence-electron chi connectivity index (χ1n) is 0.644. The van der Waals surface area contributed by atoms with E-state index in [1.54, 1.807) is 7.11 Å². The maximum atomic E-state index is 4.17. The molecule has 3 atom stereocenters. The van der Waals surface area contributed by atoms with Gasteiger partial charge in [-0.25, -0.2) is 0 Å². The Kier molecular flexibility index (Phi) is 61.1. The molecule has 0 aliphatic heterocycles. The first kappa shape index (κ1) is 16.3. The zero-order valence-electron chi connectivity index (χ0n) is 3.40. The molecule has 4 heteroatoms. The van der Waals surface area contributed by atoms with Crippen molar-refractivity contribution in [1.29, 1.82) is 0 Å². The van der Waals surface area contributed by atoms with Crippen LogP contribution in [0.1, 0.15) is 0 Å². The Morgan fingerprint density at radius 3 is 1.40 bits per heavy atom. The summed E-state index contributed by atoms with van der Waals surface area (Å²) in [6, 6.07) is 0. The van der Waals surface area contributed by atoms with Gasteiger partial charge in [-0.05, 0) is 9.47 Å². The topological polar surface area (TPSA) is 9.23 Å². The zero-order valence-corrected chi connectivity index (χ0v) is 7.38. The first-order chi connectivity index (χ1) is 1.41. The SMILES string of the molecule is COP.P.P. The molecule has 0 spiro atoms. The van der Waals surface area contributed by atoms with Crippen LogP contribution in [0.5, 0.6) is 0 Å². The van der Waals surface area contributed by atoms with Gasteiger partial charge in [0.25, 0.3) is 0 Å². The molecule has 0 amide bonds. The molecule has 0 aromatic carbocycles. The Labute approximate surface area is 41.8 Å². The van der Waals surface area contributed by atoms with Crippen molar-refractivity contribution in [3.05, 3.63) is 0 Å². The first-order valence-corrected chi connectivity index (χ1v) is 1.12. The summed E-state index contributed by atoms with van der Waals surface area (Å²) in [6.45, 7) is 0. The molecule has 0 aliphatic rings. The van der Waals surface area contributed by atoms with Crippen molar-refractivity contribution in [2.24, 2.45) is 0 Å². The standard InChI is InChI=1S/CH5OP.2H3P/c1-2-3;;/h3H2,1H3;2*1H3. The van der Waals surface area contributed by atoms with Gasteiger partial charge < -0.3 is 4.52 Å². The third kappa shape index (κ3) is 35.5.